The number of carbonyl (C=O) groups is 1. The van der Waals surface area contributed by atoms with E-state index in [1.165, 1.54) is 18.2 Å². The first kappa shape index (κ1) is 20.5. The lowest BCUT2D eigenvalue weighted by molar-refractivity contribution is 0.0725. The maximum Gasteiger partial charge on any atom is 0.254 e. The third-order valence-electron chi connectivity index (χ3n) is 5.15. The fourth-order valence-corrected chi connectivity index (χ4v) is 3.52. The first-order valence-corrected chi connectivity index (χ1v) is 10.1. The largest absolute Gasteiger partial charge is 0.356 e. The van der Waals surface area contributed by atoms with Crippen molar-refractivity contribution >= 4 is 5.91 Å². The van der Waals surface area contributed by atoms with Crippen molar-refractivity contribution in [3.8, 4) is 11.3 Å². The highest BCUT2D eigenvalue weighted by molar-refractivity contribution is 5.94. The van der Waals surface area contributed by atoms with Crippen LogP contribution in [-0.2, 0) is 13.1 Å². The number of benzene rings is 3. The number of aromatic nitrogens is 1. The van der Waals surface area contributed by atoms with Crippen LogP contribution in [0.1, 0.15) is 32.7 Å². The Hall–Kier alpha value is -3.73. The van der Waals surface area contributed by atoms with E-state index in [0.717, 1.165) is 22.3 Å². The summed E-state index contributed by atoms with van der Waals surface area (Å²) < 4.78 is 19.3. The molecule has 0 atom stereocenters. The Kier molecular flexibility index (Phi) is 5.94. The van der Waals surface area contributed by atoms with Gasteiger partial charge in [0, 0.05) is 23.7 Å². The summed E-state index contributed by atoms with van der Waals surface area (Å²) in [4.78, 5) is 14.8. The number of rotatable bonds is 6. The minimum absolute atomic E-state index is 0.249. The number of nitrogens with zero attached hydrogens (tertiary/aromatic N) is 2. The summed E-state index contributed by atoms with van der Waals surface area (Å²) in [5.74, 6) is -0.0436. The van der Waals surface area contributed by atoms with Gasteiger partial charge < -0.3 is 9.42 Å². The summed E-state index contributed by atoms with van der Waals surface area (Å²) in [5, 5.41) is 4.20. The Bertz CT molecular complexity index is 1200. The quantitative estimate of drug-likeness (QED) is 0.392. The molecule has 0 radical (unpaired) electrons. The minimum atomic E-state index is -0.441. The van der Waals surface area contributed by atoms with Crippen molar-refractivity contribution in [3.05, 3.63) is 113 Å². The molecule has 0 saturated heterocycles. The van der Waals surface area contributed by atoms with Gasteiger partial charge in [-0.3, -0.25) is 4.79 Å². The van der Waals surface area contributed by atoms with Crippen molar-refractivity contribution in [2.45, 2.75) is 26.9 Å². The average molecular weight is 414 g/mol. The molecule has 0 aliphatic heterocycles. The van der Waals surface area contributed by atoms with Crippen molar-refractivity contribution in [2.75, 3.05) is 0 Å². The van der Waals surface area contributed by atoms with Crippen LogP contribution in [-0.4, -0.2) is 16.0 Å². The van der Waals surface area contributed by atoms with Gasteiger partial charge in [-0.25, -0.2) is 4.39 Å². The van der Waals surface area contributed by atoms with E-state index in [0.29, 0.717) is 23.6 Å². The first-order chi connectivity index (χ1) is 15.0. The minimum Gasteiger partial charge on any atom is -0.356 e. The second-order valence-electron chi connectivity index (χ2n) is 7.66. The monoisotopic (exact) mass is 414 g/mol. The van der Waals surface area contributed by atoms with Crippen molar-refractivity contribution < 1.29 is 13.7 Å². The third kappa shape index (κ3) is 4.89. The lowest BCUT2D eigenvalue weighted by Gasteiger charge is -2.22. The van der Waals surface area contributed by atoms with E-state index in [9.17, 15) is 9.18 Å². The molecule has 3 aromatic carbocycles. The SMILES string of the molecule is Cc1ccc(C)c(-c2cc(CN(Cc3ccccc3)C(=O)c3cccc(F)c3)no2)c1. The summed E-state index contributed by atoms with van der Waals surface area (Å²) in [5.41, 5.74) is 5.11. The van der Waals surface area contributed by atoms with Gasteiger partial charge >= 0.3 is 0 Å². The van der Waals surface area contributed by atoms with Gasteiger partial charge in [-0.05, 0) is 49.2 Å². The Balaban J connectivity index is 1.62. The lowest BCUT2D eigenvalue weighted by atomic mass is 10.0. The van der Waals surface area contributed by atoms with Gasteiger partial charge in [-0.2, -0.15) is 0 Å². The molecule has 0 spiro atoms. The summed E-state index contributed by atoms with van der Waals surface area (Å²) in [6.45, 7) is 4.67. The van der Waals surface area contributed by atoms with Gasteiger partial charge in [-0.1, -0.05) is 59.3 Å². The van der Waals surface area contributed by atoms with Crippen molar-refractivity contribution in [3.63, 3.8) is 0 Å². The molecule has 31 heavy (non-hydrogen) atoms. The van der Waals surface area contributed by atoms with Crippen LogP contribution in [0, 0.1) is 19.7 Å². The third-order valence-corrected chi connectivity index (χ3v) is 5.15. The molecule has 4 rings (SSSR count). The molecule has 0 fully saturated rings. The standard InChI is InChI=1S/C26H23FN2O2/c1-18-11-12-19(2)24(13-18)25-15-23(28-31-25)17-29(16-20-7-4-3-5-8-20)26(30)21-9-6-10-22(27)14-21/h3-15H,16-17H2,1-2H3. The van der Waals surface area contributed by atoms with E-state index in [1.54, 1.807) is 11.0 Å². The van der Waals surface area contributed by atoms with Crippen molar-refractivity contribution in [1.82, 2.24) is 10.1 Å². The molecule has 0 aliphatic carbocycles. The Morgan fingerprint density at radius 2 is 1.74 bits per heavy atom. The van der Waals surface area contributed by atoms with Crippen LogP contribution in [0.15, 0.2) is 83.4 Å². The molecule has 5 heteroatoms. The molecule has 0 unspecified atom stereocenters. The zero-order valence-corrected chi connectivity index (χ0v) is 17.5. The van der Waals surface area contributed by atoms with Crippen LogP contribution >= 0.6 is 0 Å². The number of hydrogen-bond acceptors (Lipinski definition) is 3. The maximum atomic E-state index is 13.7. The zero-order chi connectivity index (χ0) is 21.8. The highest BCUT2D eigenvalue weighted by atomic mass is 19.1. The van der Waals surface area contributed by atoms with Crippen LogP contribution < -0.4 is 0 Å². The Morgan fingerprint density at radius 1 is 0.935 bits per heavy atom. The van der Waals surface area contributed by atoms with Gasteiger partial charge in [0.05, 0.1) is 6.54 Å². The smallest absolute Gasteiger partial charge is 0.254 e. The molecule has 1 amide bonds. The number of aryl methyl sites for hydroxylation is 2. The summed E-state index contributed by atoms with van der Waals surface area (Å²) in [6.07, 6.45) is 0. The van der Waals surface area contributed by atoms with Crippen LogP contribution in [0.5, 0.6) is 0 Å². The molecule has 1 aromatic heterocycles. The topological polar surface area (TPSA) is 46.3 Å². The van der Waals surface area contributed by atoms with E-state index in [2.05, 4.69) is 17.3 Å². The van der Waals surface area contributed by atoms with Gasteiger partial charge in [-0.15, -0.1) is 0 Å². The van der Waals surface area contributed by atoms with Crippen LogP contribution in [0.4, 0.5) is 4.39 Å². The highest BCUT2D eigenvalue weighted by Gasteiger charge is 2.20. The van der Waals surface area contributed by atoms with Crippen molar-refractivity contribution in [1.29, 1.82) is 0 Å². The Morgan fingerprint density at radius 3 is 2.52 bits per heavy atom. The van der Waals surface area contributed by atoms with Gasteiger partial charge in [0.1, 0.15) is 11.5 Å². The molecule has 0 aliphatic rings. The van der Waals surface area contributed by atoms with E-state index in [-0.39, 0.29) is 12.5 Å². The van der Waals surface area contributed by atoms with E-state index in [4.69, 9.17) is 4.52 Å². The summed E-state index contributed by atoms with van der Waals surface area (Å²) in [7, 11) is 0. The summed E-state index contributed by atoms with van der Waals surface area (Å²) >= 11 is 0. The molecular weight excluding hydrogens is 391 g/mol. The van der Waals surface area contributed by atoms with Crippen LogP contribution in [0.3, 0.4) is 0 Å². The molecular formula is C26H23FN2O2. The lowest BCUT2D eigenvalue weighted by Crippen LogP contribution is -2.30. The van der Waals surface area contributed by atoms with Gasteiger partial charge in [0.2, 0.25) is 0 Å². The second-order valence-corrected chi connectivity index (χ2v) is 7.66. The second kappa shape index (κ2) is 8.96. The molecule has 1 heterocycles. The fraction of sp³-hybridized carbons (Fsp3) is 0.154. The van der Waals surface area contributed by atoms with Crippen LogP contribution in [0.25, 0.3) is 11.3 Å². The van der Waals surface area contributed by atoms with Crippen LogP contribution in [0.2, 0.25) is 0 Å². The predicted molar refractivity (Wildman–Crippen MR) is 118 cm³/mol. The Labute approximate surface area is 180 Å². The number of amides is 1. The normalized spacial score (nSPS) is 10.8. The highest BCUT2D eigenvalue weighted by Crippen LogP contribution is 2.26. The number of halogens is 1. The van der Waals surface area contributed by atoms with Gasteiger partial charge in [0.25, 0.3) is 5.91 Å². The van der Waals surface area contributed by atoms with Crippen molar-refractivity contribution in [2.24, 2.45) is 0 Å². The molecule has 156 valence electrons. The summed E-state index contributed by atoms with van der Waals surface area (Å²) in [6, 6.07) is 23.4. The predicted octanol–water partition coefficient (Wildman–Crippen LogP) is 5.94. The zero-order valence-electron chi connectivity index (χ0n) is 17.5. The first-order valence-electron chi connectivity index (χ1n) is 10.1. The molecule has 0 N–H and O–H groups in total. The molecule has 4 nitrogen and oxygen atoms in total. The average Bonchev–Trinajstić information content (AvgIpc) is 3.23. The van der Waals surface area contributed by atoms with E-state index in [1.807, 2.05) is 56.3 Å². The molecule has 0 bridgehead atoms. The molecule has 4 aromatic rings. The maximum absolute atomic E-state index is 13.7. The molecule has 0 saturated carbocycles. The fourth-order valence-electron chi connectivity index (χ4n) is 3.52. The number of carbonyl (C=O) groups excluding carboxylic acids is 1. The van der Waals surface area contributed by atoms with Gasteiger partial charge in [0.15, 0.2) is 5.76 Å². The van der Waals surface area contributed by atoms with E-state index < -0.39 is 5.82 Å². The number of hydrogen-bond donors (Lipinski definition) is 0. The van der Waals surface area contributed by atoms with E-state index >= 15 is 0 Å².